The molecule has 4 rings (SSSR count). The third kappa shape index (κ3) is 3.44. The summed E-state index contributed by atoms with van der Waals surface area (Å²) >= 11 is 7.11. The molecule has 0 saturated heterocycles. The third-order valence-corrected chi connectivity index (χ3v) is 5.88. The number of carbonyl (C=O) groups is 1. The summed E-state index contributed by atoms with van der Waals surface area (Å²) < 4.78 is 12.5. The zero-order valence-electron chi connectivity index (χ0n) is 14.7. The van der Waals surface area contributed by atoms with E-state index in [0.29, 0.717) is 38.0 Å². The first-order valence-electron chi connectivity index (χ1n) is 8.63. The Morgan fingerprint density at radius 1 is 1.37 bits per heavy atom. The second-order valence-corrected chi connectivity index (χ2v) is 7.70. The third-order valence-electron chi connectivity index (χ3n) is 4.48. The molecule has 1 aromatic carbocycles. The van der Waals surface area contributed by atoms with Gasteiger partial charge in [-0.1, -0.05) is 17.7 Å². The maximum atomic E-state index is 12.7. The van der Waals surface area contributed by atoms with E-state index >= 15 is 0 Å². The number of fused-ring (bicyclic) bond motifs is 2. The molecule has 1 aliphatic rings. The summed E-state index contributed by atoms with van der Waals surface area (Å²) in [5, 5.41) is 1.10. The number of aromatic nitrogens is 2. The second-order valence-electron chi connectivity index (χ2n) is 6.27. The number of hydrogen-bond acceptors (Lipinski definition) is 6. The molecule has 3 aromatic rings. The second kappa shape index (κ2) is 7.32. The number of thiophene rings is 1. The van der Waals surface area contributed by atoms with Gasteiger partial charge in [0.05, 0.1) is 5.39 Å². The van der Waals surface area contributed by atoms with Gasteiger partial charge in [-0.15, -0.1) is 11.3 Å². The van der Waals surface area contributed by atoms with Crippen molar-refractivity contribution in [2.45, 2.75) is 26.3 Å². The molecule has 0 radical (unpaired) electrons. The van der Waals surface area contributed by atoms with Gasteiger partial charge in [0.15, 0.2) is 0 Å². The van der Waals surface area contributed by atoms with Gasteiger partial charge in [-0.2, -0.15) is 0 Å². The highest BCUT2D eigenvalue weighted by atomic mass is 35.5. The van der Waals surface area contributed by atoms with Crippen LogP contribution in [0.5, 0.6) is 5.75 Å². The molecule has 3 heterocycles. The van der Waals surface area contributed by atoms with Crippen molar-refractivity contribution in [1.29, 1.82) is 0 Å². The highest BCUT2D eigenvalue weighted by Gasteiger charge is 2.23. The summed E-state index contributed by atoms with van der Waals surface area (Å²) in [6.07, 6.45) is 1.73. The molecule has 0 atom stereocenters. The lowest BCUT2D eigenvalue weighted by molar-refractivity contribution is 0.0455. The SMILES string of the molecule is Cc1c(C(=O)OCCOc2cccc(Cl)c2)sc2nc3n(c(=O)c12)CCC3. The first-order valence-corrected chi connectivity index (χ1v) is 9.82. The Labute approximate surface area is 164 Å². The molecule has 0 amide bonds. The maximum Gasteiger partial charge on any atom is 0.348 e. The van der Waals surface area contributed by atoms with Crippen LogP contribution < -0.4 is 10.3 Å². The highest BCUT2D eigenvalue weighted by molar-refractivity contribution is 7.20. The first kappa shape index (κ1) is 18.0. The van der Waals surface area contributed by atoms with Gasteiger partial charge >= 0.3 is 5.97 Å². The summed E-state index contributed by atoms with van der Waals surface area (Å²) in [6.45, 7) is 2.77. The largest absolute Gasteiger partial charge is 0.490 e. The van der Waals surface area contributed by atoms with Crippen LogP contribution in [-0.2, 0) is 17.7 Å². The predicted octanol–water partition coefficient (Wildman–Crippen LogP) is 3.60. The molecule has 140 valence electrons. The van der Waals surface area contributed by atoms with Gasteiger partial charge in [-0.05, 0) is 37.1 Å². The monoisotopic (exact) mass is 404 g/mol. The molecule has 8 heteroatoms. The molecule has 6 nitrogen and oxygen atoms in total. The van der Waals surface area contributed by atoms with E-state index in [2.05, 4.69) is 4.98 Å². The van der Waals surface area contributed by atoms with Crippen molar-refractivity contribution < 1.29 is 14.3 Å². The van der Waals surface area contributed by atoms with Crippen LogP contribution in [0.3, 0.4) is 0 Å². The van der Waals surface area contributed by atoms with E-state index in [4.69, 9.17) is 21.1 Å². The minimum Gasteiger partial charge on any atom is -0.490 e. The Morgan fingerprint density at radius 3 is 3.04 bits per heavy atom. The normalized spacial score (nSPS) is 13.0. The van der Waals surface area contributed by atoms with E-state index in [0.717, 1.165) is 18.7 Å². The maximum absolute atomic E-state index is 12.7. The average Bonchev–Trinajstić information content (AvgIpc) is 3.24. The molecule has 27 heavy (non-hydrogen) atoms. The van der Waals surface area contributed by atoms with Crippen molar-refractivity contribution in [2.75, 3.05) is 13.2 Å². The van der Waals surface area contributed by atoms with Crippen LogP contribution in [0.2, 0.25) is 5.02 Å². The standard InChI is InChI=1S/C19H17ClN2O4S/c1-11-15-17(21-14-6-3-7-22(14)18(15)23)27-16(11)19(24)26-9-8-25-13-5-2-4-12(20)10-13/h2,4-5,10H,3,6-9H2,1H3. The lowest BCUT2D eigenvalue weighted by Crippen LogP contribution is -2.20. The van der Waals surface area contributed by atoms with Crippen molar-refractivity contribution in [2.24, 2.45) is 0 Å². The van der Waals surface area contributed by atoms with Crippen molar-refractivity contribution in [1.82, 2.24) is 9.55 Å². The smallest absolute Gasteiger partial charge is 0.348 e. The van der Waals surface area contributed by atoms with Crippen LogP contribution in [0.1, 0.15) is 27.5 Å². The lowest BCUT2D eigenvalue weighted by atomic mass is 10.2. The van der Waals surface area contributed by atoms with Crippen LogP contribution in [0.25, 0.3) is 10.2 Å². The molecule has 0 spiro atoms. The number of rotatable bonds is 5. The summed E-state index contributed by atoms with van der Waals surface area (Å²) in [5.74, 6) is 0.946. The molecule has 0 aliphatic carbocycles. The van der Waals surface area contributed by atoms with Crippen molar-refractivity contribution in [3.05, 3.63) is 55.9 Å². The summed E-state index contributed by atoms with van der Waals surface area (Å²) in [6, 6.07) is 7.01. The number of nitrogens with zero attached hydrogens (tertiary/aromatic N) is 2. The molecule has 0 bridgehead atoms. The topological polar surface area (TPSA) is 70.4 Å². The van der Waals surface area contributed by atoms with Crippen LogP contribution in [0, 0.1) is 6.92 Å². The van der Waals surface area contributed by atoms with E-state index in [1.165, 1.54) is 11.3 Å². The van der Waals surface area contributed by atoms with Crippen LogP contribution in [0.4, 0.5) is 0 Å². The molecule has 0 fully saturated rings. The van der Waals surface area contributed by atoms with E-state index in [1.807, 2.05) is 0 Å². The molecular formula is C19H17ClN2O4S. The Morgan fingerprint density at radius 2 is 2.22 bits per heavy atom. The van der Waals surface area contributed by atoms with Crippen LogP contribution >= 0.6 is 22.9 Å². The number of hydrogen-bond donors (Lipinski definition) is 0. The van der Waals surface area contributed by atoms with E-state index in [-0.39, 0.29) is 18.8 Å². The quantitative estimate of drug-likeness (QED) is 0.480. The summed E-state index contributed by atoms with van der Waals surface area (Å²) in [5.41, 5.74) is 0.569. The van der Waals surface area contributed by atoms with Gasteiger partial charge in [0, 0.05) is 18.0 Å². The fourth-order valence-corrected chi connectivity index (χ4v) is 4.45. The number of esters is 1. The van der Waals surface area contributed by atoms with E-state index < -0.39 is 5.97 Å². The first-order chi connectivity index (χ1) is 13.0. The molecule has 0 saturated carbocycles. The highest BCUT2D eigenvalue weighted by Crippen LogP contribution is 2.29. The molecule has 1 aliphatic heterocycles. The van der Waals surface area contributed by atoms with Crippen LogP contribution in [-0.4, -0.2) is 28.7 Å². The number of ether oxygens (including phenoxy) is 2. The number of aryl methyl sites for hydroxylation is 2. The number of benzene rings is 1. The van der Waals surface area contributed by atoms with Crippen molar-refractivity contribution in [3.8, 4) is 5.75 Å². The predicted molar refractivity (Wildman–Crippen MR) is 104 cm³/mol. The Hall–Kier alpha value is -2.38. The van der Waals surface area contributed by atoms with Gasteiger partial charge in [-0.25, -0.2) is 9.78 Å². The zero-order chi connectivity index (χ0) is 19.0. The lowest BCUT2D eigenvalue weighted by Gasteiger charge is -2.07. The van der Waals surface area contributed by atoms with Crippen LogP contribution in [0.15, 0.2) is 29.1 Å². The van der Waals surface area contributed by atoms with Gasteiger partial charge < -0.3 is 9.47 Å². The van der Waals surface area contributed by atoms with Crippen molar-refractivity contribution >= 4 is 39.1 Å². The molecule has 0 unspecified atom stereocenters. The Balaban J connectivity index is 1.46. The molecule has 2 aromatic heterocycles. The van der Waals surface area contributed by atoms with Crippen molar-refractivity contribution in [3.63, 3.8) is 0 Å². The average molecular weight is 405 g/mol. The van der Waals surface area contributed by atoms with Gasteiger partial charge in [0.25, 0.3) is 5.56 Å². The van der Waals surface area contributed by atoms with Gasteiger partial charge in [0.1, 0.15) is 34.5 Å². The van der Waals surface area contributed by atoms with E-state index in [1.54, 1.807) is 35.8 Å². The number of carbonyl (C=O) groups excluding carboxylic acids is 1. The van der Waals surface area contributed by atoms with Gasteiger partial charge in [0.2, 0.25) is 0 Å². The van der Waals surface area contributed by atoms with E-state index in [9.17, 15) is 9.59 Å². The number of halogens is 1. The minimum absolute atomic E-state index is 0.0652. The summed E-state index contributed by atoms with van der Waals surface area (Å²) in [7, 11) is 0. The zero-order valence-corrected chi connectivity index (χ0v) is 16.2. The Bertz CT molecular complexity index is 1090. The fourth-order valence-electron chi connectivity index (χ4n) is 3.19. The molecule has 0 N–H and O–H groups in total. The fraction of sp³-hybridized carbons (Fsp3) is 0.316. The minimum atomic E-state index is -0.463. The molecular weight excluding hydrogens is 388 g/mol. The van der Waals surface area contributed by atoms with Gasteiger partial charge in [-0.3, -0.25) is 9.36 Å². The Kier molecular flexibility index (Phi) is 4.88. The summed E-state index contributed by atoms with van der Waals surface area (Å²) in [4.78, 5) is 30.7.